The first kappa shape index (κ1) is 19.5. The van der Waals surface area contributed by atoms with Gasteiger partial charge in [-0.05, 0) is 67.3 Å². The van der Waals surface area contributed by atoms with Gasteiger partial charge >= 0.3 is 6.09 Å². The summed E-state index contributed by atoms with van der Waals surface area (Å²) in [5, 5.41) is 2.80. The van der Waals surface area contributed by atoms with Crippen LogP contribution in [0.4, 0.5) is 10.5 Å². The summed E-state index contributed by atoms with van der Waals surface area (Å²) in [5.41, 5.74) is 2.16. The summed E-state index contributed by atoms with van der Waals surface area (Å²) < 4.78 is 5.27. The Morgan fingerprint density at radius 3 is 2.33 bits per heavy atom. The molecule has 0 atom stereocenters. The van der Waals surface area contributed by atoms with E-state index in [-0.39, 0.29) is 0 Å². The Bertz CT molecular complexity index is 688. The molecule has 2 aromatic carbocycles. The van der Waals surface area contributed by atoms with Gasteiger partial charge in [0.1, 0.15) is 5.75 Å². The van der Waals surface area contributed by atoms with Crippen LogP contribution in [-0.2, 0) is 0 Å². The number of carbonyl (C=O) groups is 1. The van der Waals surface area contributed by atoms with E-state index in [1.165, 1.54) is 56.9 Å². The van der Waals surface area contributed by atoms with Gasteiger partial charge in [0.05, 0.1) is 0 Å². The van der Waals surface area contributed by atoms with Crippen molar-refractivity contribution in [3.63, 3.8) is 0 Å². The highest BCUT2D eigenvalue weighted by molar-refractivity contribution is 5.86. The van der Waals surface area contributed by atoms with Gasteiger partial charge in [-0.3, -0.25) is 5.32 Å². The van der Waals surface area contributed by atoms with E-state index in [2.05, 4.69) is 24.4 Å². The van der Waals surface area contributed by atoms with E-state index in [4.69, 9.17) is 4.74 Å². The van der Waals surface area contributed by atoms with Crippen molar-refractivity contribution in [3.8, 4) is 5.75 Å². The van der Waals surface area contributed by atoms with Crippen molar-refractivity contribution in [1.82, 2.24) is 0 Å². The van der Waals surface area contributed by atoms with Crippen molar-refractivity contribution in [2.45, 2.75) is 64.2 Å². The van der Waals surface area contributed by atoms with E-state index in [0.29, 0.717) is 11.7 Å². The first-order chi connectivity index (χ1) is 13.2. The van der Waals surface area contributed by atoms with Gasteiger partial charge in [-0.15, -0.1) is 0 Å². The number of anilines is 1. The monoisotopic (exact) mass is 365 g/mol. The normalized spacial score (nSPS) is 19.4. The van der Waals surface area contributed by atoms with Crippen LogP contribution in [0.3, 0.4) is 0 Å². The average molecular weight is 366 g/mol. The lowest BCUT2D eigenvalue weighted by atomic mass is 9.77. The smallest absolute Gasteiger partial charge is 0.410 e. The second-order valence-corrected chi connectivity index (χ2v) is 7.66. The SMILES string of the molecule is CCCCCC1CCC(c2ccc(NC(=O)Oc3ccccc3)cc2)CC1. The van der Waals surface area contributed by atoms with Crippen LogP contribution in [0.5, 0.6) is 5.75 Å². The molecule has 0 heterocycles. The van der Waals surface area contributed by atoms with E-state index in [1.807, 2.05) is 30.3 Å². The molecule has 0 unspecified atom stereocenters. The number of nitrogens with one attached hydrogen (secondary N) is 1. The van der Waals surface area contributed by atoms with Crippen LogP contribution in [0.25, 0.3) is 0 Å². The molecule has 144 valence electrons. The third kappa shape index (κ3) is 6.13. The van der Waals surface area contributed by atoms with Crippen LogP contribution >= 0.6 is 0 Å². The van der Waals surface area contributed by atoms with Crippen molar-refractivity contribution in [2.24, 2.45) is 5.92 Å². The predicted octanol–water partition coefficient (Wildman–Crippen LogP) is 7.15. The molecule has 3 heteroatoms. The number of hydrogen-bond donors (Lipinski definition) is 1. The number of unbranched alkanes of at least 4 members (excludes halogenated alkanes) is 2. The van der Waals surface area contributed by atoms with Crippen LogP contribution in [0.15, 0.2) is 54.6 Å². The van der Waals surface area contributed by atoms with Crippen LogP contribution in [0, 0.1) is 5.92 Å². The second kappa shape index (κ2) is 10.1. The molecule has 0 spiro atoms. The van der Waals surface area contributed by atoms with E-state index in [0.717, 1.165) is 11.6 Å². The molecular weight excluding hydrogens is 334 g/mol. The van der Waals surface area contributed by atoms with E-state index in [1.54, 1.807) is 12.1 Å². The molecule has 1 N–H and O–H groups in total. The Kier molecular flexibility index (Phi) is 7.32. The second-order valence-electron chi connectivity index (χ2n) is 7.66. The Morgan fingerprint density at radius 1 is 0.963 bits per heavy atom. The van der Waals surface area contributed by atoms with E-state index in [9.17, 15) is 4.79 Å². The lowest BCUT2D eigenvalue weighted by molar-refractivity contribution is 0.215. The molecule has 1 saturated carbocycles. The maximum absolute atomic E-state index is 12.0. The lowest BCUT2D eigenvalue weighted by Crippen LogP contribution is -2.17. The van der Waals surface area contributed by atoms with Crippen LogP contribution in [-0.4, -0.2) is 6.09 Å². The summed E-state index contributed by atoms with van der Waals surface area (Å²) in [6.07, 6.45) is 10.3. The van der Waals surface area contributed by atoms with Gasteiger partial charge in [-0.2, -0.15) is 0 Å². The quantitative estimate of drug-likeness (QED) is 0.529. The standard InChI is InChI=1S/C24H31NO2/c1-2-3-5-8-19-11-13-20(14-12-19)21-15-17-22(18-16-21)25-24(26)27-23-9-6-4-7-10-23/h4,6-7,9-10,15-20H,2-3,5,8,11-14H2,1H3,(H,25,26). The number of amides is 1. The topological polar surface area (TPSA) is 38.3 Å². The number of benzene rings is 2. The first-order valence-corrected chi connectivity index (χ1v) is 10.4. The largest absolute Gasteiger partial charge is 0.417 e. The molecule has 2 aromatic rings. The molecular formula is C24H31NO2. The van der Waals surface area contributed by atoms with Gasteiger partial charge < -0.3 is 4.74 Å². The Labute approximate surface area is 163 Å². The van der Waals surface area contributed by atoms with Crippen molar-refractivity contribution in [3.05, 3.63) is 60.2 Å². The third-order valence-corrected chi connectivity index (χ3v) is 5.64. The molecule has 0 aliphatic heterocycles. The first-order valence-electron chi connectivity index (χ1n) is 10.4. The lowest BCUT2D eigenvalue weighted by Gasteiger charge is -2.29. The molecule has 0 radical (unpaired) electrons. The molecule has 0 saturated heterocycles. The number of hydrogen-bond acceptors (Lipinski definition) is 2. The van der Waals surface area contributed by atoms with Gasteiger partial charge in [0.25, 0.3) is 0 Å². The molecule has 1 aliphatic carbocycles. The summed E-state index contributed by atoms with van der Waals surface area (Å²) in [5.74, 6) is 2.14. The average Bonchev–Trinajstić information content (AvgIpc) is 2.70. The maximum Gasteiger partial charge on any atom is 0.417 e. The fourth-order valence-electron chi connectivity index (χ4n) is 4.05. The summed E-state index contributed by atoms with van der Waals surface area (Å²) in [6, 6.07) is 17.4. The molecule has 3 nitrogen and oxygen atoms in total. The van der Waals surface area contributed by atoms with Crippen LogP contribution in [0.1, 0.15) is 69.8 Å². The van der Waals surface area contributed by atoms with Crippen molar-refractivity contribution < 1.29 is 9.53 Å². The Balaban J connectivity index is 1.45. The summed E-state index contributed by atoms with van der Waals surface area (Å²) >= 11 is 0. The summed E-state index contributed by atoms with van der Waals surface area (Å²) in [4.78, 5) is 12.0. The van der Waals surface area contributed by atoms with E-state index < -0.39 is 6.09 Å². The van der Waals surface area contributed by atoms with Crippen LogP contribution < -0.4 is 10.1 Å². The summed E-state index contributed by atoms with van der Waals surface area (Å²) in [7, 11) is 0. The molecule has 27 heavy (non-hydrogen) atoms. The number of carbonyl (C=O) groups excluding carboxylic acids is 1. The molecule has 0 bridgehead atoms. The zero-order valence-electron chi connectivity index (χ0n) is 16.3. The predicted molar refractivity (Wildman–Crippen MR) is 111 cm³/mol. The van der Waals surface area contributed by atoms with Gasteiger partial charge in [0.15, 0.2) is 0 Å². The minimum atomic E-state index is -0.457. The highest BCUT2D eigenvalue weighted by Crippen LogP contribution is 2.38. The van der Waals surface area contributed by atoms with Crippen molar-refractivity contribution >= 4 is 11.8 Å². The number of para-hydroxylation sites is 1. The highest BCUT2D eigenvalue weighted by atomic mass is 16.6. The van der Waals surface area contributed by atoms with Gasteiger partial charge in [0.2, 0.25) is 0 Å². The van der Waals surface area contributed by atoms with Gasteiger partial charge in [-0.25, -0.2) is 4.79 Å². The maximum atomic E-state index is 12.0. The molecule has 1 fully saturated rings. The van der Waals surface area contributed by atoms with Crippen molar-refractivity contribution in [1.29, 1.82) is 0 Å². The Morgan fingerprint density at radius 2 is 1.67 bits per heavy atom. The fourth-order valence-corrected chi connectivity index (χ4v) is 4.05. The minimum Gasteiger partial charge on any atom is -0.410 e. The van der Waals surface area contributed by atoms with Gasteiger partial charge in [0, 0.05) is 5.69 Å². The molecule has 3 rings (SSSR count). The molecule has 1 aliphatic rings. The van der Waals surface area contributed by atoms with Crippen molar-refractivity contribution in [2.75, 3.05) is 5.32 Å². The molecule has 1 amide bonds. The highest BCUT2D eigenvalue weighted by Gasteiger charge is 2.22. The van der Waals surface area contributed by atoms with E-state index >= 15 is 0 Å². The summed E-state index contributed by atoms with van der Waals surface area (Å²) in [6.45, 7) is 2.27. The number of rotatable bonds is 7. The zero-order chi connectivity index (χ0) is 18.9. The zero-order valence-corrected chi connectivity index (χ0v) is 16.3. The molecule has 0 aromatic heterocycles. The Hall–Kier alpha value is -2.29. The fraction of sp³-hybridized carbons (Fsp3) is 0.458. The third-order valence-electron chi connectivity index (χ3n) is 5.64. The minimum absolute atomic E-state index is 0.457. The number of ether oxygens (including phenoxy) is 1. The van der Waals surface area contributed by atoms with Crippen LogP contribution in [0.2, 0.25) is 0 Å². The van der Waals surface area contributed by atoms with Gasteiger partial charge in [-0.1, -0.05) is 62.9 Å².